The molecule has 0 spiro atoms. The second-order valence-electron chi connectivity index (χ2n) is 4.31. The first kappa shape index (κ1) is 14.7. The minimum Gasteiger partial charge on any atom is -0.368 e. The van der Waals surface area contributed by atoms with Gasteiger partial charge in [0.05, 0.1) is 5.69 Å². The number of hydrogen-bond acceptors (Lipinski definition) is 4. The molecular formula is C13H13BrFN3O2. The van der Waals surface area contributed by atoms with Crippen LogP contribution in [-0.4, -0.2) is 11.1 Å². The Balaban J connectivity index is 2.16. The highest BCUT2D eigenvalue weighted by atomic mass is 79.9. The number of amides is 1. The molecule has 0 bridgehead atoms. The summed E-state index contributed by atoms with van der Waals surface area (Å²) in [5.74, 6) is -0.509. The summed E-state index contributed by atoms with van der Waals surface area (Å²) in [7, 11) is 0. The van der Waals surface area contributed by atoms with Crippen LogP contribution in [0.2, 0.25) is 0 Å². The van der Waals surface area contributed by atoms with Gasteiger partial charge in [-0.05, 0) is 19.1 Å². The average Bonchev–Trinajstić information content (AvgIpc) is 2.77. The molecule has 0 aliphatic carbocycles. The quantitative estimate of drug-likeness (QED) is 0.873. The highest BCUT2D eigenvalue weighted by molar-refractivity contribution is 9.10. The lowest BCUT2D eigenvalue weighted by molar-refractivity contribution is -0.120. The van der Waals surface area contributed by atoms with Gasteiger partial charge < -0.3 is 10.3 Å². The lowest BCUT2D eigenvalue weighted by atomic mass is 10.1. The maximum absolute atomic E-state index is 13.9. The molecule has 0 aliphatic heterocycles. The molecule has 1 aromatic heterocycles. The molecule has 0 fully saturated rings. The van der Waals surface area contributed by atoms with Gasteiger partial charge in [0.25, 0.3) is 0 Å². The average molecular weight is 342 g/mol. The number of aromatic nitrogens is 1. The van der Waals surface area contributed by atoms with Crippen molar-refractivity contribution < 1.29 is 13.7 Å². The van der Waals surface area contributed by atoms with Crippen molar-refractivity contribution in [3.8, 4) is 0 Å². The van der Waals surface area contributed by atoms with Crippen LogP contribution < -0.4 is 11.1 Å². The molecule has 106 valence electrons. The Morgan fingerprint density at radius 2 is 2.30 bits per heavy atom. The first-order valence-electron chi connectivity index (χ1n) is 5.87. The van der Waals surface area contributed by atoms with Gasteiger partial charge in [-0.2, -0.15) is 0 Å². The van der Waals surface area contributed by atoms with Gasteiger partial charge in [0.15, 0.2) is 0 Å². The van der Waals surface area contributed by atoms with E-state index in [1.165, 1.54) is 12.1 Å². The number of hydrogen-bond donors (Lipinski definition) is 2. The Kier molecular flexibility index (Phi) is 4.51. The first-order valence-corrected chi connectivity index (χ1v) is 6.66. The summed E-state index contributed by atoms with van der Waals surface area (Å²) in [4.78, 5) is 11.5. The third kappa shape index (κ3) is 3.43. The smallest absolute Gasteiger partial charge is 0.239 e. The maximum Gasteiger partial charge on any atom is 0.239 e. The van der Waals surface area contributed by atoms with Crippen molar-refractivity contribution in [2.45, 2.75) is 19.5 Å². The number of nitrogens with zero attached hydrogens (tertiary/aromatic N) is 1. The molecular weight excluding hydrogens is 329 g/mol. The lowest BCUT2D eigenvalue weighted by Gasteiger charge is -2.15. The fourth-order valence-electron chi connectivity index (χ4n) is 1.81. The van der Waals surface area contributed by atoms with E-state index in [0.717, 1.165) is 0 Å². The second-order valence-corrected chi connectivity index (χ2v) is 5.23. The van der Waals surface area contributed by atoms with Crippen molar-refractivity contribution in [2.24, 2.45) is 5.73 Å². The molecule has 1 atom stereocenters. The fraction of sp³-hybridized carbons (Fsp3) is 0.231. The zero-order valence-corrected chi connectivity index (χ0v) is 12.3. The summed E-state index contributed by atoms with van der Waals surface area (Å²) in [5, 5.41) is 6.66. The van der Waals surface area contributed by atoms with Gasteiger partial charge in [0.1, 0.15) is 17.6 Å². The van der Waals surface area contributed by atoms with Crippen molar-refractivity contribution in [3.05, 3.63) is 51.6 Å². The van der Waals surface area contributed by atoms with Gasteiger partial charge in [-0.3, -0.25) is 10.1 Å². The van der Waals surface area contributed by atoms with E-state index in [9.17, 15) is 9.18 Å². The van der Waals surface area contributed by atoms with Gasteiger partial charge in [0.2, 0.25) is 5.91 Å². The normalized spacial score (nSPS) is 12.3. The molecule has 1 unspecified atom stereocenters. The van der Waals surface area contributed by atoms with Gasteiger partial charge in [0, 0.05) is 22.6 Å². The predicted octanol–water partition coefficient (Wildman–Crippen LogP) is 2.20. The van der Waals surface area contributed by atoms with Crippen LogP contribution in [0.15, 0.2) is 33.3 Å². The summed E-state index contributed by atoms with van der Waals surface area (Å²) < 4.78 is 19.4. The van der Waals surface area contributed by atoms with E-state index in [2.05, 4.69) is 26.4 Å². The molecule has 0 saturated heterocycles. The Morgan fingerprint density at radius 1 is 1.55 bits per heavy atom. The van der Waals surface area contributed by atoms with Crippen molar-refractivity contribution in [2.75, 3.05) is 0 Å². The van der Waals surface area contributed by atoms with Crippen molar-refractivity contribution in [3.63, 3.8) is 0 Å². The van der Waals surface area contributed by atoms with Crippen LogP contribution in [-0.2, 0) is 11.3 Å². The van der Waals surface area contributed by atoms with Crippen molar-refractivity contribution in [1.82, 2.24) is 10.5 Å². The Labute approximate surface area is 123 Å². The molecule has 5 nitrogen and oxygen atoms in total. The second kappa shape index (κ2) is 6.15. The summed E-state index contributed by atoms with van der Waals surface area (Å²) >= 11 is 3.16. The van der Waals surface area contributed by atoms with Crippen LogP contribution >= 0.6 is 15.9 Å². The number of aryl methyl sites for hydroxylation is 1. The molecule has 0 saturated carbocycles. The van der Waals surface area contributed by atoms with Crippen LogP contribution in [0.3, 0.4) is 0 Å². The van der Waals surface area contributed by atoms with Gasteiger partial charge in [-0.15, -0.1) is 0 Å². The summed E-state index contributed by atoms with van der Waals surface area (Å²) in [5.41, 5.74) is 6.13. The maximum atomic E-state index is 13.9. The number of rotatable bonds is 5. The molecule has 2 aromatic rings. The number of nitrogens with one attached hydrogen (secondary N) is 1. The van der Waals surface area contributed by atoms with Gasteiger partial charge in [-0.1, -0.05) is 27.2 Å². The highest BCUT2D eigenvalue weighted by Crippen LogP contribution is 2.21. The molecule has 1 amide bonds. The van der Waals surface area contributed by atoms with Crippen LogP contribution in [0.4, 0.5) is 4.39 Å². The minimum absolute atomic E-state index is 0.195. The first-order chi connectivity index (χ1) is 9.47. The van der Waals surface area contributed by atoms with Gasteiger partial charge in [-0.25, -0.2) is 4.39 Å². The third-order valence-electron chi connectivity index (χ3n) is 2.72. The van der Waals surface area contributed by atoms with Gasteiger partial charge >= 0.3 is 0 Å². The fourth-order valence-corrected chi connectivity index (χ4v) is 2.14. The lowest BCUT2D eigenvalue weighted by Crippen LogP contribution is -2.34. The SMILES string of the molecule is Cc1cc(CNC(C(N)=O)c2ccc(Br)cc2F)no1. The van der Waals surface area contributed by atoms with E-state index in [1.807, 2.05) is 0 Å². The predicted molar refractivity (Wildman–Crippen MR) is 74.1 cm³/mol. The summed E-state index contributed by atoms with van der Waals surface area (Å²) in [6.45, 7) is 2.01. The molecule has 3 N–H and O–H groups in total. The monoisotopic (exact) mass is 341 g/mol. The number of carbonyl (C=O) groups excluding carboxylic acids is 1. The number of carbonyl (C=O) groups is 1. The van der Waals surface area contributed by atoms with Crippen LogP contribution in [0.1, 0.15) is 23.1 Å². The Hall–Kier alpha value is -1.73. The van der Waals surface area contributed by atoms with Crippen LogP contribution in [0.25, 0.3) is 0 Å². The summed E-state index contributed by atoms with van der Waals surface area (Å²) in [6, 6.07) is 5.24. The molecule has 1 heterocycles. The van der Waals surface area contributed by atoms with Crippen LogP contribution in [0.5, 0.6) is 0 Å². The van der Waals surface area contributed by atoms with E-state index in [1.54, 1.807) is 19.1 Å². The highest BCUT2D eigenvalue weighted by Gasteiger charge is 2.21. The topological polar surface area (TPSA) is 81.1 Å². The number of nitrogens with two attached hydrogens (primary N) is 1. The molecule has 20 heavy (non-hydrogen) atoms. The molecule has 1 aromatic carbocycles. The third-order valence-corrected chi connectivity index (χ3v) is 3.22. The number of benzene rings is 1. The largest absolute Gasteiger partial charge is 0.368 e. The standard InChI is InChI=1S/C13H13BrFN3O2/c1-7-4-9(18-20-7)6-17-12(13(16)19)10-3-2-8(14)5-11(10)15/h2-5,12,17H,6H2,1H3,(H2,16,19). The zero-order chi connectivity index (χ0) is 14.7. The molecule has 2 rings (SSSR count). The number of halogens is 2. The minimum atomic E-state index is -0.930. The Bertz CT molecular complexity index is 630. The zero-order valence-electron chi connectivity index (χ0n) is 10.7. The number of primary amides is 1. The van der Waals surface area contributed by atoms with Crippen molar-refractivity contribution in [1.29, 1.82) is 0 Å². The van der Waals surface area contributed by atoms with E-state index < -0.39 is 17.8 Å². The van der Waals surface area contributed by atoms with Crippen molar-refractivity contribution >= 4 is 21.8 Å². The van der Waals surface area contributed by atoms with E-state index in [4.69, 9.17) is 10.3 Å². The summed E-state index contributed by atoms with van der Waals surface area (Å²) in [6.07, 6.45) is 0. The molecule has 7 heteroatoms. The molecule has 0 aliphatic rings. The Morgan fingerprint density at radius 3 is 2.85 bits per heavy atom. The molecule has 0 radical (unpaired) electrons. The van der Waals surface area contributed by atoms with E-state index >= 15 is 0 Å². The van der Waals surface area contributed by atoms with Crippen LogP contribution in [0, 0.1) is 12.7 Å². The van der Waals surface area contributed by atoms with E-state index in [-0.39, 0.29) is 12.1 Å². The van der Waals surface area contributed by atoms with E-state index in [0.29, 0.717) is 15.9 Å².